The second-order valence-electron chi connectivity index (χ2n) is 6.45. The highest BCUT2D eigenvalue weighted by atomic mass is 32.1. The summed E-state index contributed by atoms with van der Waals surface area (Å²) in [6.45, 7) is 0.541. The molecule has 1 amide bonds. The van der Waals surface area contributed by atoms with Crippen molar-refractivity contribution in [1.82, 2.24) is 10.3 Å². The molecule has 0 saturated heterocycles. The predicted octanol–water partition coefficient (Wildman–Crippen LogP) is 3.37. The number of ketones is 1. The number of benzene rings is 1. The van der Waals surface area contributed by atoms with Crippen LogP contribution in [-0.4, -0.2) is 23.2 Å². The van der Waals surface area contributed by atoms with Crippen molar-refractivity contribution in [2.75, 3.05) is 12.3 Å². The summed E-state index contributed by atoms with van der Waals surface area (Å²) < 4.78 is 0. The third-order valence-electron chi connectivity index (χ3n) is 4.67. The highest BCUT2D eigenvalue weighted by Gasteiger charge is 2.23. The average molecular weight is 365 g/mol. The number of aryl methyl sites for hydroxylation is 1. The fraction of sp³-hybridized carbons (Fsp3) is 0.250. The number of nitrogen functional groups attached to an aromatic ring is 1. The Balaban J connectivity index is 1.55. The van der Waals surface area contributed by atoms with Crippen molar-refractivity contribution in [3.8, 4) is 0 Å². The summed E-state index contributed by atoms with van der Waals surface area (Å²) in [7, 11) is 0. The number of pyridine rings is 1. The standard InChI is InChI=1S/C20H19N3O2S/c21-17-14-11-13-15(7-4-8-16(13)24)23-20(14)26-18(17)19(25)22-10-9-12-5-2-1-3-6-12/h1-3,5-6,11H,4,7-10,21H2,(H,22,25). The first-order chi connectivity index (χ1) is 12.6. The molecule has 6 heteroatoms. The van der Waals surface area contributed by atoms with Crippen LogP contribution in [0.4, 0.5) is 5.69 Å². The normalized spacial score (nSPS) is 13.6. The number of hydrogen-bond acceptors (Lipinski definition) is 5. The molecule has 0 unspecified atom stereocenters. The first kappa shape index (κ1) is 16.7. The Bertz CT molecular complexity index is 995. The number of rotatable bonds is 4. The number of amides is 1. The lowest BCUT2D eigenvalue weighted by Crippen LogP contribution is -2.25. The molecule has 0 spiro atoms. The first-order valence-corrected chi connectivity index (χ1v) is 9.52. The van der Waals surface area contributed by atoms with Crippen molar-refractivity contribution in [2.45, 2.75) is 25.7 Å². The molecule has 3 aromatic rings. The number of hydrogen-bond donors (Lipinski definition) is 2. The van der Waals surface area contributed by atoms with E-state index in [-0.39, 0.29) is 11.7 Å². The zero-order chi connectivity index (χ0) is 18.1. The van der Waals surface area contributed by atoms with Gasteiger partial charge < -0.3 is 11.1 Å². The van der Waals surface area contributed by atoms with Gasteiger partial charge in [0.05, 0.1) is 11.4 Å². The minimum Gasteiger partial charge on any atom is -0.397 e. The summed E-state index contributed by atoms with van der Waals surface area (Å²) >= 11 is 1.29. The fourth-order valence-electron chi connectivity index (χ4n) is 3.27. The van der Waals surface area contributed by atoms with Gasteiger partial charge in [-0.25, -0.2) is 4.98 Å². The molecule has 0 saturated carbocycles. The first-order valence-electron chi connectivity index (χ1n) is 8.70. The summed E-state index contributed by atoms with van der Waals surface area (Å²) in [6, 6.07) is 11.8. The third kappa shape index (κ3) is 3.08. The summed E-state index contributed by atoms with van der Waals surface area (Å²) in [4.78, 5) is 30.4. The smallest absolute Gasteiger partial charge is 0.263 e. The quantitative estimate of drug-likeness (QED) is 0.742. The van der Waals surface area contributed by atoms with Crippen molar-refractivity contribution in [3.05, 3.63) is 58.1 Å². The molecule has 3 N–H and O–H groups in total. The SMILES string of the molecule is Nc1c(C(=O)NCCc2ccccc2)sc2nc3c(cc12)C(=O)CCC3. The number of nitrogens with one attached hydrogen (secondary N) is 1. The summed E-state index contributed by atoms with van der Waals surface area (Å²) in [5.41, 5.74) is 9.27. The number of nitrogens with two attached hydrogens (primary N) is 1. The van der Waals surface area contributed by atoms with Gasteiger partial charge in [0.25, 0.3) is 5.91 Å². The van der Waals surface area contributed by atoms with Crippen LogP contribution in [0.2, 0.25) is 0 Å². The molecule has 2 heterocycles. The molecule has 1 aliphatic carbocycles. The van der Waals surface area contributed by atoms with Crippen molar-refractivity contribution < 1.29 is 9.59 Å². The van der Waals surface area contributed by atoms with E-state index in [1.54, 1.807) is 0 Å². The molecule has 1 aliphatic rings. The lowest BCUT2D eigenvalue weighted by Gasteiger charge is -2.13. The van der Waals surface area contributed by atoms with E-state index in [4.69, 9.17) is 5.73 Å². The van der Waals surface area contributed by atoms with Crippen LogP contribution in [0.15, 0.2) is 36.4 Å². The molecule has 0 bridgehead atoms. The molecule has 0 fully saturated rings. The Morgan fingerprint density at radius 1 is 1.23 bits per heavy atom. The van der Waals surface area contributed by atoms with E-state index in [9.17, 15) is 9.59 Å². The van der Waals surface area contributed by atoms with Crippen molar-refractivity contribution >= 4 is 38.9 Å². The van der Waals surface area contributed by atoms with Gasteiger partial charge in [0, 0.05) is 23.9 Å². The van der Waals surface area contributed by atoms with Crippen LogP contribution in [0, 0.1) is 0 Å². The minimum atomic E-state index is -0.189. The van der Waals surface area contributed by atoms with Crippen molar-refractivity contribution in [3.63, 3.8) is 0 Å². The molecule has 1 aromatic carbocycles. The number of anilines is 1. The van der Waals surface area contributed by atoms with Crippen LogP contribution in [0.1, 0.15) is 44.1 Å². The number of carbonyl (C=O) groups excluding carboxylic acids is 2. The van der Waals surface area contributed by atoms with Gasteiger partial charge in [0.15, 0.2) is 5.78 Å². The van der Waals surface area contributed by atoms with E-state index in [0.717, 1.165) is 29.8 Å². The topological polar surface area (TPSA) is 85.1 Å². The van der Waals surface area contributed by atoms with Crippen LogP contribution < -0.4 is 11.1 Å². The average Bonchev–Trinajstić information content (AvgIpc) is 2.97. The lowest BCUT2D eigenvalue weighted by atomic mass is 9.94. The van der Waals surface area contributed by atoms with Crippen molar-refractivity contribution in [2.24, 2.45) is 0 Å². The molecule has 0 aliphatic heterocycles. The van der Waals surface area contributed by atoms with E-state index in [1.807, 2.05) is 36.4 Å². The molecular weight excluding hydrogens is 346 g/mol. The lowest BCUT2D eigenvalue weighted by molar-refractivity contribution is 0.0955. The number of carbonyl (C=O) groups is 2. The largest absolute Gasteiger partial charge is 0.397 e. The minimum absolute atomic E-state index is 0.111. The highest BCUT2D eigenvalue weighted by molar-refractivity contribution is 7.21. The van der Waals surface area contributed by atoms with Crippen LogP contribution in [0.3, 0.4) is 0 Å². The van der Waals surface area contributed by atoms with Gasteiger partial charge in [-0.3, -0.25) is 9.59 Å². The van der Waals surface area contributed by atoms with Crippen LogP contribution in [0.25, 0.3) is 10.2 Å². The Hall–Kier alpha value is -2.73. The number of fused-ring (bicyclic) bond motifs is 2. The zero-order valence-electron chi connectivity index (χ0n) is 14.2. The van der Waals surface area contributed by atoms with E-state index in [2.05, 4.69) is 10.3 Å². The van der Waals surface area contributed by atoms with Crippen molar-refractivity contribution in [1.29, 1.82) is 0 Å². The Kier molecular flexibility index (Phi) is 4.42. The van der Waals surface area contributed by atoms with Crippen LogP contribution >= 0.6 is 11.3 Å². The Labute approximate surface area is 155 Å². The molecule has 0 radical (unpaired) electrons. The second kappa shape index (κ2) is 6.88. The predicted molar refractivity (Wildman–Crippen MR) is 104 cm³/mol. The third-order valence-corrected chi connectivity index (χ3v) is 5.78. The highest BCUT2D eigenvalue weighted by Crippen LogP contribution is 2.35. The van der Waals surface area contributed by atoms with E-state index in [1.165, 1.54) is 16.9 Å². The maximum Gasteiger partial charge on any atom is 0.263 e. The molecule has 5 nitrogen and oxygen atoms in total. The molecule has 132 valence electrons. The number of nitrogens with zero attached hydrogens (tertiary/aromatic N) is 1. The zero-order valence-corrected chi connectivity index (χ0v) is 15.1. The summed E-state index contributed by atoms with van der Waals surface area (Å²) in [5, 5.41) is 3.63. The Morgan fingerprint density at radius 2 is 2.04 bits per heavy atom. The van der Waals surface area contributed by atoms with Gasteiger partial charge in [0.1, 0.15) is 9.71 Å². The molecule has 26 heavy (non-hydrogen) atoms. The van der Waals surface area contributed by atoms with Gasteiger partial charge in [-0.05, 0) is 30.9 Å². The van der Waals surface area contributed by atoms with Gasteiger partial charge in [0.2, 0.25) is 0 Å². The monoisotopic (exact) mass is 365 g/mol. The van der Waals surface area contributed by atoms with Gasteiger partial charge in [-0.2, -0.15) is 0 Å². The van der Waals surface area contributed by atoms with Gasteiger partial charge in [-0.15, -0.1) is 11.3 Å². The summed E-state index contributed by atoms with van der Waals surface area (Å²) in [6.07, 6.45) is 2.95. The van der Waals surface area contributed by atoms with E-state index in [0.29, 0.717) is 34.5 Å². The maximum absolute atomic E-state index is 12.5. The van der Waals surface area contributed by atoms with Gasteiger partial charge in [-0.1, -0.05) is 30.3 Å². The van der Waals surface area contributed by atoms with E-state index < -0.39 is 0 Å². The van der Waals surface area contributed by atoms with Crippen LogP contribution in [0.5, 0.6) is 0 Å². The van der Waals surface area contributed by atoms with Gasteiger partial charge >= 0.3 is 0 Å². The Morgan fingerprint density at radius 3 is 2.85 bits per heavy atom. The summed E-state index contributed by atoms with van der Waals surface area (Å²) in [5.74, 6) is -0.0779. The van der Waals surface area contributed by atoms with E-state index >= 15 is 0 Å². The second-order valence-corrected chi connectivity index (χ2v) is 7.45. The molecular formula is C20H19N3O2S. The number of aromatic nitrogens is 1. The van der Waals surface area contributed by atoms with Crippen LogP contribution in [-0.2, 0) is 12.8 Å². The molecule has 0 atom stereocenters. The number of Topliss-reactive ketones (excluding diaryl/α,β-unsaturated/α-hetero) is 1. The maximum atomic E-state index is 12.5. The number of thiophene rings is 1. The molecule has 2 aromatic heterocycles. The molecule has 4 rings (SSSR count). The fourth-order valence-corrected chi connectivity index (χ4v) is 4.29.